The average Bonchev–Trinajstić information content (AvgIpc) is 3.35. The SMILES string of the molecule is C=CC(=O)OC(=O)CCCCCCCC1OC1CCCCCCCC. The van der Waals surface area contributed by atoms with Gasteiger partial charge in [0, 0.05) is 12.5 Å². The van der Waals surface area contributed by atoms with E-state index in [1.807, 2.05) is 0 Å². The van der Waals surface area contributed by atoms with Crippen LogP contribution in [-0.2, 0) is 19.1 Å². The van der Waals surface area contributed by atoms with E-state index >= 15 is 0 Å². The number of hydrogen-bond donors (Lipinski definition) is 0. The third kappa shape index (κ3) is 11.9. The fraction of sp³-hybridized carbons (Fsp3) is 0.810. The normalized spacial score (nSPS) is 18.8. The molecule has 0 N–H and O–H groups in total. The third-order valence-corrected chi connectivity index (χ3v) is 4.78. The van der Waals surface area contributed by atoms with E-state index in [0.29, 0.717) is 18.6 Å². The molecule has 1 heterocycles. The Hall–Kier alpha value is -1.16. The zero-order valence-electron chi connectivity index (χ0n) is 16.0. The maximum absolute atomic E-state index is 11.3. The molecule has 1 aliphatic rings. The van der Waals surface area contributed by atoms with Crippen molar-refractivity contribution >= 4 is 11.9 Å². The van der Waals surface area contributed by atoms with Gasteiger partial charge in [0.1, 0.15) is 0 Å². The molecule has 2 unspecified atom stereocenters. The van der Waals surface area contributed by atoms with Crippen molar-refractivity contribution in [2.75, 3.05) is 0 Å². The number of esters is 2. The van der Waals surface area contributed by atoms with Crippen molar-refractivity contribution < 1.29 is 19.1 Å². The molecule has 0 aromatic heterocycles. The fourth-order valence-corrected chi connectivity index (χ4v) is 3.16. The maximum Gasteiger partial charge on any atom is 0.337 e. The summed E-state index contributed by atoms with van der Waals surface area (Å²) in [4.78, 5) is 22.1. The monoisotopic (exact) mass is 352 g/mol. The van der Waals surface area contributed by atoms with E-state index in [2.05, 4.69) is 18.2 Å². The van der Waals surface area contributed by atoms with Gasteiger partial charge in [-0.1, -0.05) is 77.7 Å². The first-order valence-electron chi connectivity index (χ1n) is 10.2. The Morgan fingerprint density at radius 2 is 1.40 bits per heavy atom. The van der Waals surface area contributed by atoms with E-state index in [0.717, 1.165) is 25.3 Å². The Morgan fingerprint density at radius 1 is 0.880 bits per heavy atom. The lowest BCUT2D eigenvalue weighted by Crippen LogP contribution is -2.09. The van der Waals surface area contributed by atoms with Crippen molar-refractivity contribution in [2.24, 2.45) is 0 Å². The van der Waals surface area contributed by atoms with Gasteiger partial charge in [0.2, 0.25) is 0 Å². The molecule has 4 heteroatoms. The molecule has 0 radical (unpaired) electrons. The maximum atomic E-state index is 11.3. The predicted molar refractivity (Wildman–Crippen MR) is 100 cm³/mol. The van der Waals surface area contributed by atoms with Gasteiger partial charge in [-0.2, -0.15) is 0 Å². The van der Waals surface area contributed by atoms with Gasteiger partial charge in [0.15, 0.2) is 0 Å². The van der Waals surface area contributed by atoms with E-state index in [4.69, 9.17) is 4.74 Å². The Morgan fingerprint density at radius 3 is 1.96 bits per heavy atom. The van der Waals surface area contributed by atoms with Crippen LogP contribution in [0.3, 0.4) is 0 Å². The van der Waals surface area contributed by atoms with Crippen LogP contribution >= 0.6 is 0 Å². The second-order valence-electron chi connectivity index (χ2n) is 7.07. The van der Waals surface area contributed by atoms with Gasteiger partial charge >= 0.3 is 11.9 Å². The topological polar surface area (TPSA) is 55.9 Å². The molecule has 0 spiro atoms. The number of carbonyl (C=O) groups is 2. The molecule has 0 aliphatic carbocycles. The number of unbranched alkanes of at least 4 members (excludes halogenated alkanes) is 9. The van der Waals surface area contributed by atoms with Crippen molar-refractivity contribution in [1.82, 2.24) is 0 Å². The van der Waals surface area contributed by atoms with Gasteiger partial charge in [-0.05, 0) is 19.3 Å². The van der Waals surface area contributed by atoms with Crippen LogP contribution in [0.1, 0.15) is 96.8 Å². The van der Waals surface area contributed by atoms with Gasteiger partial charge in [-0.25, -0.2) is 4.79 Å². The summed E-state index contributed by atoms with van der Waals surface area (Å²) in [5.74, 6) is -1.11. The molecule has 1 saturated heterocycles. The minimum absolute atomic E-state index is 0.311. The number of hydrogen-bond acceptors (Lipinski definition) is 4. The highest BCUT2D eigenvalue weighted by atomic mass is 16.6. The molecule has 0 amide bonds. The Kier molecular flexibility index (Phi) is 12.3. The first-order valence-corrected chi connectivity index (χ1v) is 10.2. The van der Waals surface area contributed by atoms with Gasteiger partial charge in [0.25, 0.3) is 0 Å². The first-order chi connectivity index (χ1) is 12.2. The van der Waals surface area contributed by atoms with Gasteiger partial charge in [-0.3, -0.25) is 4.79 Å². The van der Waals surface area contributed by atoms with Crippen LogP contribution in [0.5, 0.6) is 0 Å². The largest absolute Gasteiger partial charge is 0.390 e. The molecule has 0 bridgehead atoms. The fourth-order valence-electron chi connectivity index (χ4n) is 3.16. The zero-order chi connectivity index (χ0) is 18.3. The third-order valence-electron chi connectivity index (χ3n) is 4.78. The molecular formula is C21H36O4. The van der Waals surface area contributed by atoms with E-state index < -0.39 is 11.9 Å². The molecule has 0 aromatic carbocycles. The lowest BCUT2D eigenvalue weighted by Gasteiger charge is -2.01. The quantitative estimate of drug-likeness (QED) is 0.121. The van der Waals surface area contributed by atoms with Crippen molar-refractivity contribution in [1.29, 1.82) is 0 Å². The van der Waals surface area contributed by atoms with Gasteiger partial charge in [-0.15, -0.1) is 0 Å². The summed E-state index contributed by atoms with van der Waals surface area (Å²) >= 11 is 0. The van der Waals surface area contributed by atoms with Crippen LogP contribution in [0, 0.1) is 0 Å². The highest BCUT2D eigenvalue weighted by molar-refractivity contribution is 5.91. The van der Waals surface area contributed by atoms with Crippen LogP contribution in [0.2, 0.25) is 0 Å². The van der Waals surface area contributed by atoms with E-state index in [9.17, 15) is 9.59 Å². The Labute approximate surface area is 153 Å². The van der Waals surface area contributed by atoms with Crippen LogP contribution in [0.25, 0.3) is 0 Å². The molecule has 4 nitrogen and oxygen atoms in total. The van der Waals surface area contributed by atoms with Crippen LogP contribution < -0.4 is 0 Å². The summed E-state index contributed by atoms with van der Waals surface area (Å²) in [5.41, 5.74) is 0. The Balaban J connectivity index is 1.81. The summed E-state index contributed by atoms with van der Waals surface area (Å²) in [5, 5.41) is 0. The van der Waals surface area contributed by atoms with Gasteiger partial charge in [0.05, 0.1) is 12.2 Å². The molecular weight excluding hydrogens is 316 g/mol. The van der Waals surface area contributed by atoms with Crippen LogP contribution in [0.4, 0.5) is 0 Å². The summed E-state index contributed by atoms with van der Waals surface area (Å²) < 4.78 is 10.3. The Bertz CT molecular complexity index is 391. The second-order valence-corrected chi connectivity index (χ2v) is 7.07. The standard InChI is InChI=1S/C21H36O4/c1-3-5-6-7-9-12-15-18-19(24-18)16-13-10-8-11-14-17-21(23)25-20(22)4-2/h4,18-19H,2-3,5-17H2,1H3. The highest BCUT2D eigenvalue weighted by Gasteiger charge is 2.36. The van der Waals surface area contributed by atoms with Crippen molar-refractivity contribution in [3.63, 3.8) is 0 Å². The summed E-state index contributed by atoms with van der Waals surface area (Å²) in [6, 6.07) is 0. The number of ether oxygens (including phenoxy) is 2. The minimum atomic E-state index is -0.662. The number of rotatable bonds is 16. The summed E-state index contributed by atoms with van der Waals surface area (Å²) in [6.45, 7) is 5.52. The van der Waals surface area contributed by atoms with Crippen molar-refractivity contribution in [3.05, 3.63) is 12.7 Å². The number of epoxide rings is 1. The molecule has 25 heavy (non-hydrogen) atoms. The van der Waals surface area contributed by atoms with Crippen LogP contribution in [-0.4, -0.2) is 24.1 Å². The van der Waals surface area contributed by atoms with Crippen molar-refractivity contribution in [3.8, 4) is 0 Å². The zero-order valence-corrected chi connectivity index (χ0v) is 16.0. The highest BCUT2D eigenvalue weighted by Crippen LogP contribution is 2.31. The molecule has 0 saturated carbocycles. The van der Waals surface area contributed by atoms with E-state index in [1.165, 1.54) is 64.2 Å². The van der Waals surface area contributed by atoms with E-state index in [-0.39, 0.29) is 0 Å². The average molecular weight is 353 g/mol. The molecule has 1 rings (SSSR count). The molecule has 1 fully saturated rings. The number of carbonyl (C=O) groups excluding carboxylic acids is 2. The molecule has 1 aliphatic heterocycles. The summed E-state index contributed by atoms with van der Waals surface area (Å²) in [7, 11) is 0. The molecule has 2 atom stereocenters. The molecule has 144 valence electrons. The van der Waals surface area contributed by atoms with Gasteiger partial charge < -0.3 is 9.47 Å². The smallest absolute Gasteiger partial charge is 0.337 e. The minimum Gasteiger partial charge on any atom is -0.390 e. The summed E-state index contributed by atoms with van der Waals surface area (Å²) in [6.07, 6.45) is 18.2. The lowest BCUT2D eigenvalue weighted by molar-refractivity contribution is -0.156. The van der Waals surface area contributed by atoms with Crippen molar-refractivity contribution in [2.45, 2.75) is 109 Å². The second kappa shape index (κ2) is 14.1. The van der Waals surface area contributed by atoms with Crippen LogP contribution in [0.15, 0.2) is 12.7 Å². The molecule has 0 aromatic rings. The van der Waals surface area contributed by atoms with E-state index in [1.54, 1.807) is 0 Å². The lowest BCUT2D eigenvalue weighted by atomic mass is 10.0. The predicted octanol–water partition coefficient (Wildman–Crippen LogP) is 5.49. The first kappa shape index (κ1) is 21.9.